The number of benzene rings is 2. The third kappa shape index (κ3) is 3.73. The van der Waals surface area contributed by atoms with Crippen molar-refractivity contribution in [3.63, 3.8) is 0 Å². The van der Waals surface area contributed by atoms with Crippen molar-refractivity contribution < 1.29 is 14.1 Å². The molecule has 0 unspecified atom stereocenters. The minimum Gasteiger partial charge on any atom is -0.496 e. The van der Waals surface area contributed by atoms with Gasteiger partial charge in [0.25, 0.3) is 11.8 Å². The van der Waals surface area contributed by atoms with Crippen molar-refractivity contribution >= 4 is 17.5 Å². The number of methoxy groups -OCH3 is 1. The van der Waals surface area contributed by atoms with E-state index in [0.29, 0.717) is 41.1 Å². The lowest BCUT2D eigenvalue weighted by Gasteiger charge is -2.31. The lowest BCUT2D eigenvalue weighted by molar-refractivity contribution is 0.0703. The summed E-state index contributed by atoms with van der Waals surface area (Å²) in [6, 6.07) is 14.5. The van der Waals surface area contributed by atoms with Crippen LogP contribution in [-0.4, -0.2) is 41.1 Å². The Morgan fingerprint density at radius 2 is 2.11 bits per heavy atom. The number of ether oxygens (including phenoxy) is 1. The van der Waals surface area contributed by atoms with Gasteiger partial charge < -0.3 is 14.2 Å². The minimum absolute atomic E-state index is 0.0272. The Hall–Kier alpha value is -2.86. The second-order valence-electron chi connectivity index (χ2n) is 6.76. The molecule has 1 aliphatic heterocycles. The first-order valence-corrected chi connectivity index (χ1v) is 9.55. The molecule has 1 aliphatic rings. The Bertz CT molecular complexity index is 988. The number of halogens is 1. The van der Waals surface area contributed by atoms with Crippen LogP contribution < -0.4 is 4.74 Å². The molecule has 0 bridgehead atoms. The molecule has 7 heteroatoms. The Labute approximate surface area is 168 Å². The molecular weight excluding hydrogens is 378 g/mol. The fourth-order valence-corrected chi connectivity index (χ4v) is 3.70. The predicted molar refractivity (Wildman–Crippen MR) is 106 cm³/mol. The second-order valence-corrected chi connectivity index (χ2v) is 7.20. The number of hydrogen-bond acceptors (Lipinski definition) is 5. The molecule has 6 nitrogen and oxygen atoms in total. The molecule has 0 saturated carbocycles. The normalized spacial score (nSPS) is 16.8. The number of amides is 1. The van der Waals surface area contributed by atoms with E-state index < -0.39 is 0 Å². The zero-order valence-electron chi connectivity index (χ0n) is 15.5. The van der Waals surface area contributed by atoms with Gasteiger partial charge in [0.2, 0.25) is 0 Å². The van der Waals surface area contributed by atoms with Crippen molar-refractivity contribution in [1.29, 1.82) is 0 Å². The first-order valence-electron chi connectivity index (χ1n) is 9.17. The van der Waals surface area contributed by atoms with Crippen LogP contribution in [0.1, 0.15) is 34.9 Å². The monoisotopic (exact) mass is 397 g/mol. The van der Waals surface area contributed by atoms with Crippen LogP contribution in [0.15, 0.2) is 53.1 Å². The van der Waals surface area contributed by atoms with Crippen LogP contribution in [-0.2, 0) is 0 Å². The summed E-state index contributed by atoms with van der Waals surface area (Å²) in [5.74, 6) is 1.72. The van der Waals surface area contributed by atoms with Crippen molar-refractivity contribution in [2.24, 2.45) is 0 Å². The maximum atomic E-state index is 12.8. The molecule has 28 heavy (non-hydrogen) atoms. The Morgan fingerprint density at radius 3 is 2.93 bits per heavy atom. The summed E-state index contributed by atoms with van der Waals surface area (Å²) >= 11 is 6.02. The maximum Gasteiger partial charge on any atom is 0.261 e. The van der Waals surface area contributed by atoms with Crippen LogP contribution in [0, 0.1) is 0 Å². The quantitative estimate of drug-likeness (QED) is 0.651. The van der Waals surface area contributed by atoms with E-state index in [1.165, 1.54) is 0 Å². The summed E-state index contributed by atoms with van der Waals surface area (Å²) in [7, 11) is 1.61. The van der Waals surface area contributed by atoms with Crippen molar-refractivity contribution in [2.45, 2.75) is 18.8 Å². The molecule has 1 amide bonds. The predicted octanol–water partition coefficient (Wildman–Crippen LogP) is 4.42. The number of aromatic nitrogens is 2. The lowest BCUT2D eigenvalue weighted by atomic mass is 9.96. The Balaban J connectivity index is 1.52. The number of nitrogens with zero attached hydrogens (tertiary/aromatic N) is 3. The van der Waals surface area contributed by atoms with Gasteiger partial charge in [-0.1, -0.05) is 35.0 Å². The smallest absolute Gasteiger partial charge is 0.261 e. The van der Waals surface area contributed by atoms with Crippen LogP contribution in [0.4, 0.5) is 0 Å². The van der Waals surface area contributed by atoms with Gasteiger partial charge >= 0.3 is 0 Å². The van der Waals surface area contributed by atoms with Gasteiger partial charge in [-0.25, -0.2) is 0 Å². The largest absolute Gasteiger partial charge is 0.496 e. The van der Waals surface area contributed by atoms with Gasteiger partial charge in [0.15, 0.2) is 5.82 Å². The summed E-state index contributed by atoms with van der Waals surface area (Å²) in [6.45, 7) is 1.26. The summed E-state index contributed by atoms with van der Waals surface area (Å²) in [4.78, 5) is 19.2. The standard InChI is InChI=1S/C21H20ClN3O3/c1-27-18-10-3-2-9-17(18)20-23-19(24-28-20)15-7-5-11-25(13-15)21(26)14-6-4-8-16(22)12-14/h2-4,6,8-10,12,15H,5,7,11,13H2,1H3/t15-/m1/s1. The molecule has 2 heterocycles. The molecule has 1 saturated heterocycles. The SMILES string of the molecule is COc1ccccc1-c1nc([C@@H]2CCCN(C(=O)c3cccc(Cl)c3)C2)no1. The Kier molecular flexibility index (Phi) is 5.30. The molecule has 0 spiro atoms. The lowest BCUT2D eigenvalue weighted by Crippen LogP contribution is -2.39. The molecule has 3 aromatic rings. The number of piperidine rings is 1. The molecule has 2 aromatic carbocycles. The van der Waals surface area contributed by atoms with Crippen LogP contribution in [0.5, 0.6) is 5.75 Å². The van der Waals surface area contributed by atoms with Gasteiger partial charge in [-0.15, -0.1) is 0 Å². The average Bonchev–Trinajstić information content (AvgIpc) is 3.23. The highest BCUT2D eigenvalue weighted by Gasteiger charge is 2.29. The molecule has 0 aliphatic carbocycles. The molecule has 144 valence electrons. The topological polar surface area (TPSA) is 68.5 Å². The molecular formula is C21H20ClN3O3. The molecule has 0 N–H and O–H groups in total. The number of rotatable bonds is 4. The van der Waals surface area contributed by atoms with E-state index in [1.54, 1.807) is 31.4 Å². The van der Waals surface area contributed by atoms with E-state index in [-0.39, 0.29) is 11.8 Å². The summed E-state index contributed by atoms with van der Waals surface area (Å²) in [5.41, 5.74) is 1.35. The van der Waals surface area contributed by atoms with E-state index in [9.17, 15) is 4.79 Å². The molecule has 4 rings (SSSR count). The highest BCUT2D eigenvalue weighted by Crippen LogP contribution is 2.31. The van der Waals surface area contributed by atoms with Gasteiger partial charge in [-0.2, -0.15) is 4.98 Å². The van der Waals surface area contributed by atoms with E-state index >= 15 is 0 Å². The van der Waals surface area contributed by atoms with Gasteiger partial charge in [0.1, 0.15) is 5.75 Å². The van der Waals surface area contributed by atoms with Crippen molar-refractivity contribution in [1.82, 2.24) is 15.0 Å². The Morgan fingerprint density at radius 1 is 1.25 bits per heavy atom. The third-order valence-electron chi connectivity index (χ3n) is 4.92. The number of carbonyl (C=O) groups is 1. The zero-order chi connectivity index (χ0) is 19.5. The summed E-state index contributed by atoms with van der Waals surface area (Å²) < 4.78 is 10.9. The van der Waals surface area contributed by atoms with E-state index in [0.717, 1.165) is 18.4 Å². The number of hydrogen-bond donors (Lipinski definition) is 0. The molecule has 1 atom stereocenters. The van der Waals surface area contributed by atoms with Crippen molar-refractivity contribution in [3.05, 3.63) is 64.9 Å². The van der Waals surface area contributed by atoms with Gasteiger partial charge in [-0.3, -0.25) is 4.79 Å². The second kappa shape index (κ2) is 8.02. The average molecular weight is 398 g/mol. The molecule has 1 fully saturated rings. The fraction of sp³-hybridized carbons (Fsp3) is 0.286. The van der Waals surface area contributed by atoms with Crippen molar-refractivity contribution in [2.75, 3.05) is 20.2 Å². The number of carbonyl (C=O) groups excluding carboxylic acids is 1. The number of likely N-dealkylation sites (tertiary alicyclic amines) is 1. The van der Waals surface area contributed by atoms with Crippen LogP contribution >= 0.6 is 11.6 Å². The van der Waals surface area contributed by atoms with Crippen molar-refractivity contribution in [3.8, 4) is 17.2 Å². The third-order valence-corrected chi connectivity index (χ3v) is 5.16. The van der Waals surface area contributed by atoms with Gasteiger partial charge in [-0.05, 0) is 43.2 Å². The number of para-hydroxylation sites is 1. The molecule has 0 radical (unpaired) electrons. The van der Waals surface area contributed by atoms with E-state index in [4.69, 9.17) is 20.9 Å². The van der Waals surface area contributed by atoms with Gasteiger partial charge in [0, 0.05) is 29.6 Å². The van der Waals surface area contributed by atoms with Crippen LogP contribution in [0.3, 0.4) is 0 Å². The highest BCUT2D eigenvalue weighted by atomic mass is 35.5. The van der Waals surface area contributed by atoms with Gasteiger partial charge in [0.05, 0.1) is 12.7 Å². The maximum absolute atomic E-state index is 12.8. The zero-order valence-corrected chi connectivity index (χ0v) is 16.2. The first-order chi connectivity index (χ1) is 13.7. The highest BCUT2D eigenvalue weighted by molar-refractivity contribution is 6.30. The summed E-state index contributed by atoms with van der Waals surface area (Å²) in [5, 5.41) is 4.73. The summed E-state index contributed by atoms with van der Waals surface area (Å²) in [6.07, 6.45) is 1.79. The van der Waals surface area contributed by atoms with Crippen LogP contribution in [0.25, 0.3) is 11.5 Å². The first kappa shape index (κ1) is 18.5. The fourth-order valence-electron chi connectivity index (χ4n) is 3.51. The molecule has 1 aromatic heterocycles. The van der Waals surface area contributed by atoms with Crippen LogP contribution in [0.2, 0.25) is 5.02 Å². The van der Waals surface area contributed by atoms with E-state index in [1.807, 2.05) is 29.2 Å². The van der Waals surface area contributed by atoms with E-state index in [2.05, 4.69) is 10.1 Å². The minimum atomic E-state index is -0.0272.